The average molecular weight is 238 g/mol. The summed E-state index contributed by atoms with van der Waals surface area (Å²) < 4.78 is 0. The number of aryl methyl sites for hydroxylation is 1. The first kappa shape index (κ1) is 12.1. The SMILES string of the molecule is Cc1cscc1C(NN)C1CCCCCC1. The van der Waals surface area contributed by atoms with Gasteiger partial charge < -0.3 is 0 Å². The average Bonchev–Trinajstić information content (AvgIpc) is 2.57. The molecule has 0 aromatic carbocycles. The van der Waals surface area contributed by atoms with Crippen LogP contribution in [0.4, 0.5) is 0 Å². The lowest BCUT2D eigenvalue weighted by atomic mass is 9.87. The number of hydrogen-bond acceptors (Lipinski definition) is 3. The van der Waals surface area contributed by atoms with Gasteiger partial charge in [0, 0.05) is 6.04 Å². The van der Waals surface area contributed by atoms with E-state index >= 15 is 0 Å². The van der Waals surface area contributed by atoms with Gasteiger partial charge in [0.15, 0.2) is 0 Å². The Morgan fingerprint density at radius 3 is 2.44 bits per heavy atom. The molecule has 1 saturated carbocycles. The smallest absolute Gasteiger partial charge is 0.0499 e. The van der Waals surface area contributed by atoms with Crippen molar-refractivity contribution in [2.45, 2.75) is 51.5 Å². The van der Waals surface area contributed by atoms with Crippen LogP contribution in [0.15, 0.2) is 10.8 Å². The summed E-state index contributed by atoms with van der Waals surface area (Å²) in [6.45, 7) is 2.19. The van der Waals surface area contributed by atoms with Crippen LogP contribution >= 0.6 is 11.3 Å². The fourth-order valence-electron chi connectivity index (χ4n) is 2.81. The summed E-state index contributed by atoms with van der Waals surface area (Å²) in [6, 6.07) is 0.365. The van der Waals surface area contributed by atoms with E-state index < -0.39 is 0 Å². The first-order valence-corrected chi connectivity index (χ1v) is 7.26. The van der Waals surface area contributed by atoms with Gasteiger partial charge in [0.2, 0.25) is 0 Å². The molecule has 0 amide bonds. The van der Waals surface area contributed by atoms with E-state index in [-0.39, 0.29) is 0 Å². The number of hydrazine groups is 1. The number of hydrogen-bond donors (Lipinski definition) is 2. The standard InChI is InChI=1S/C13H22N2S/c1-10-8-16-9-12(10)13(15-14)11-6-4-2-3-5-7-11/h8-9,11,13,15H,2-7,14H2,1H3. The summed E-state index contributed by atoms with van der Waals surface area (Å²) in [6.07, 6.45) is 8.18. The summed E-state index contributed by atoms with van der Waals surface area (Å²) in [7, 11) is 0. The molecule has 90 valence electrons. The molecule has 1 heterocycles. The molecule has 0 saturated heterocycles. The van der Waals surface area contributed by atoms with Crippen molar-refractivity contribution in [1.29, 1.82) is 0 Å². The van der Waals surface area contributed by atoms with Crippen molar-refractivity contribution in [1.82, 2.24) is 5.43 Å². The number of nitrogens with one attached hydrogen (secondary N) is 1. The predicted molar refractivity (Wildman–Crippen MR) is 70.3 cm³/mol. The van der Waals surface area contributed by atoms with Crippen molar-refractivity contribution in [2.75, 3.05) is 0 Å². The van der Waals surface area contributed by atoms with Gasteiger partial charge in [-0.1, -0.05) is 25.7 Å². The molecule has 0 radical (unpaired) electrons. The zero-order valence-corrected chi connectivity index (χ0v) is 10.9. The summed E-state index contributed by atoms with van der Waals surface area (Å²) >= 11 is 1.78. The fourth-order valence-corrected chi connectivity index (χ4v) is 3.70. The first-order valence-electron chi connectivity index (χ1n) is 6.31. The summed E-state index contributed by atoms with van der Waals surface area (Å²) in [5.74, 6) is 6.49. The van der Waals surface area contributed by atoms with Gasteiger partial charge in [-0.15, -0.1) is 0 Å². The van der Waals surface area contributed by atoms with E-state index in [9.17, 15) is 0 Å². The molecular formula is C13H22N2S. The van der Waals surface area contributed by atoms with Crippen LogP contribution < -0.4 is 11.3 Å². The lowest BCUT2D eigenvalue weighted by molar-refractivity contribution is 0.329. The minimum atomic E-state index is 0.365. The quantitative estimate of drug-likeness (QED) is 0.480. The van der Waals surface area contributed by atoms with Gasteiger partial charge in [-0.2, -0.15) is 11.3 Å². The third-order valence-corrected chi connectivity index (χ3v) is 4.66. The van der Waals surface area contributed by atoms with Crippen molar-refractivity contribution in [2.24, 2.45) is 11.8 Å². The Kier molecular flexibility index (Phi) is 4.38. The molecule has 1 aliphatic carbocycles. The molecule has 1 unspecified atom stereocenters. The Hall–Kier alpha value is -0.380. The van der Waals surface area contributed by atoms with Gasteiger partial charge in [-0.3, -0.25) is 11.3 Å². The van der Waals surface area contributed by atoms with Gasteiger partial charge in [0.1, 0.15) is 0 Å². The number of nitrogens with two attached hydrogens (primary N) is 1. The van der Waals surface area contributed by atoms with E-state index in [4.69, 9.17) is 5.84 Å². The maximum Gasteiger partial charge on any atom is 0.0499 e. The van der Waals surface area contributed by atoms with Crippen LogP contribution in [0.5, 0.6) is 0 Å². The molecule has 0 spiro atoms. The molecule has 1 aromatic heterocycles. The van der Waals surface area contributed by atoms with Crippen molar-refractivity contribution in [3.63, 3.8) is 0 Å². The second-order valence-electron chi connectivity index (χ2n) is 4.91. The van der Waals surface area contributed by atoms with Crippen molar-refractivity contribution in [3.8, 4) is 0 Å². The fraction of sp³-hybridized carbons (Fsp3) is 0.692. The Morgan fingerprint density at radius 1 is 1.25 bits per heavy atom. The van der Waals surface area contributed by atoms with Gasteiger partial charge in [0.05, 0.1) is 0 Å². The molecule has 3 N–H and O–H groups in total. The van der Waals surface area contributed by atoms with Crippen LogP contribution in [0, 0.1) is 12.8 Å². The van der Waals surface area contributed by atoms with Gasteiger partial charge in [-0.05, 0) is 47.6 Å². The second kappa shape index (κ2) is 5.80. The van der Waals surface area contributed by atoms with E-state index in [1.54, 1.807) is 11.3 Å². The molecule has 3 heteroatoms. The monoisotopic (exact) mass is 238 g/mol. The highest BCUT2D eigenvalue weighted by Crippen LogP contribution is 2.35. The van der Waals surface area contributed by atoms with Gasteiger partial charge >= 0.3 is 0 Å². The molecule has 1 fully saturated rings. The summed E-state index contributed by atoms with van der Waals surface area (Å²) in [5.41, 5.74) is 5.85. The van der Waals surface area contributed by atoms with Crippen LogP contribution in [-0.4, -0.2) is 0 Å². The Bertz CT molecular complexity index is 313. The van der Waals surface area contributed by atoms with Crippen molar-refractivity contribution < 1.29 is 0 Å². The molecular weight excluding hydrogens is 216 g/mol. The molecule has 16 heavy (non-hydrogen) atoms. The van der Waals surface area contributed by atoms with E-state index in [1.807, 2.05) is 0 Å². The minimum Gasteiger partial charge on any atom is -0.271 e. The topological polar surface area (TPSA) is 38.0 Å². The van der Waals surface area contributed by atoms with Crippen molar-refractivity contribution in [3.05, 3.63) is 21.9 Å². The highest BCUT2D eigenvalue weighted by Gasteiger charge is 2.24. The van der Waals surface area contributed by atoms with E-state index in [0.717, 1.165) is 5.92 Å². The maximum absolute atomic E-state index is 5.77. The highest BCUT2D eigenvalue weighted by molar-refractivity contribution is 7.08. The van der Waals surface area contributed by atoms with Gasteiger partial charge in [0.25, 0.3) is 0 Å². The normalized spacial score (nSPS) is 20.6. The second-order valence-corrected chi connectivity index (χ2v) is 5.65. The lowest BCUT2D eigenvalue weighted by Gasteiger charge is -2.25. The zero-order valence-electron chi connectivity index (χ0n) is 10.0. The van der Waals surface area contributed by atoms with Crippen LogP contribution in [0.2, 0.25) is 0 Å². The predicted octanol–water partition coefficient (Wildman–Crippen LogP) is 3.53. The molecule has 2 rings (SSSR count). The molecule has 1 atom stereocenters. The van der Waals surface area contributed by atoms with E-state index in [0.29, 0.717) is 6.04 Å². The lowest BCUT2D eigenvalue weighted by Crippen LogP contribution is -2.33. The Balaban J connectivity index is 2.12. The third-order valence-electron chi connectivity index (χ3n) is 3.78. The molecule has 1 aliphatic rings. The molecule has 0 aliphatic heterocycles. The van der Waals surface area contributed by atoms with E-state index in [1.165, 1.54) is 49.7 Å². The molecule has 1 aromatic rings. The summed E-state index contributed by atoms with van der Waals surface area (Å²) in [4.78, 5) is 0. The van der Waals surface area contributed by atoms with Crippen LogP contribution in [0.1, 0.15) is 55.7 Å². The zero-order chi connectivity index (χ0) is 11.4. The third kappa shape index (κ3) is 2.65. The van der Waals surface area contributed by atoms with Crippen LogP contribution in [0.3, 0.4) is 0 Å². The van der Waals surface area contributed by atoms with Crippen molar-refractivity contribution >= 4 is 11.3 Å². The number of thiophene rings is 1. The largest absolute Gasteiger partial charge is 0.271 e. The van der Waals surface area contributed by atoms with E-state index in [2.05, 4.69) is 23.1 Å². The Morgan fingerprint density at radius 2 is 1.94 bits per heavy atom. The molecule has 2 nitrogen and oxygen atoms in total. The van der Waals surface area contributed by atoms with Crippen LogP contribution in [-0.2, 0) is 0 Å². The van der Waals surface area contributed by atoms with Gasteiger partial charge in [-0.25, -0.2) is 0 Å². The first-order chi connectivity index (χ1) is 7.83. The minimum absolute atomic E-state index is 0.365. The van der Waals surface area contributed by atoms with Crippen LogP contribution in [0.25, 0.3) is 0 Å². The maximum atomic E-state index is 5.77. The summed E-state index contributed by atoms with van der Waals surface area (Å²) in [5, 5.41) is 4.47. The number of rotatable bonds is 3. The molecule has 0 bridgehead atoms. The Labute approximate surface area is 102 Å². The highest BCUT2D eigenvalue weighted by atomic mass is 32.1.